The van der Waals surface area contributed by atoms with E-state index in [1.54, 1.807) is 0 Å². The first-order valence-electron chi connectivity index (χ1n) is 7.75. The summed E-state index contributed by atoms with van der Waals surface area (Å²) in [4.78, 5) is 6.87. The van der Waals surface area contributed by atoms with Crippen LogP contribution < -0.4 is 15.4 Å². The third-order valence-corrected chi connectivity index (χ3v) is 3.92. The minimum Gasteiger partial charge on any atom is -0.476 e. The van der Waals surface area contributed by atoms with E-state index in [0.29, 0.717) is 17.5 Å². The van der Waals surface area contributed by atoms with Gasteiger partial charge in [0.15, 0.2) is 0 Å². The molecule has 21 heavy (non-hydrogen) atoms. The Hall–Kier alpha value is -1.49. The topological polar surface area (TPSA) is 60.6 Å². The molecular formula is C16H25N3O2. The number of nitrogens with zero attached hydrogens (tertiary/aromatic N) is 2. The third-order valence-electron chi connectivity index (χ3n) is 3.92. The summed E-state index contributed by atoms with van der Waals surface area (Å²) in [7, 11) is 0. The van der Waals surface area contributed by atoms with Gasteiger partial charge >= 0.3 is 0 Å². The number of hydrogen-bond acceptors (Lipinski definition) is 5. The fourth-order valence-corrected chi connectivity index (χ4v) is 2.84. The van der Waals surface area contributed by atoms with E-state index in [1.165, 1.54) is 12.8 Å². The van der Waals surface area contributed by atoms with Crippen molar-refractivity contribution in [3.05, 3.63) is 12.1 Å². The zero-order valence-corrected chi connectivity index (χ0v) is 13.1. The zero-order chi connectivity index (χ0) is 15.0. The SMILES string of the molecule is CC1CN(c2ccc(N)c(OCC3CC3)n2)CC(C)(C)O1. The Kier molecular flexibility index (Phi) is 3.69. The molecule has 5 heteroatoms. The molecule has 2 aliphatic rings. The van der Waals surface area contributed by atoms with E-state index in [0.717, 1.165) is 25.5 Å². The normalized spacial score (nSPS) is 24.9. The predicted octanol–water partition coefficient (Wildman–Crippen LogP) is 2.46. The van der Waals surface area contributed by atoms with Crippen molar-refractivity contribution in [1.29, 1.82) is 0 Å². The standard InChI is InChI=1S/C16H25N3O2/c1-11-8-19(10-16(2,3)21-11)14-7-6-13(17)15(18-14)20-9-12-4-5-12/h6-7,11-12H,4-5,8-10,17H2,1-3H3. The second-order valence-corrected chi connectivity index (χ2v) is 6.89. The van der Waals surface area contributed by atoms with Crippen LogP contribution >= 0.6 is 0 Å². The smallest absolute Gasteiger partial charge is 0.239 e. The second-order valence-electron chi connectivity index (χ2n) is 6.89. The monoisotopic (exact) mass is 291 g/mol. The van der Waals surface area contributed by atoms with Crippen LogP contribution in [0.25, 0.3) is 0 Å². The summed E-state index contributed by atoms with van der Waals surface area (Å²) in [5.41, 5.74) is 6.42. The Morgan fingerprint density at radius 3 is 2.86 bits per heavy atom. The molecular weight excluding hydrogens is 266 g/mol. The molecule has 1 atom stereocenters. The maximum atomic E-state index is 5.98. The van der Waals surface area contributed by atoms with Gasteiger partial charge in [0.05, 0.1) is 24.0 Å². The highest BCUT2D eigenvalue weighted by Crippen LogP contribution is 2.32. The van der Waals surface area contributed by atoms with Gasteiger partial charge in [0.2, 0.25) is 5.88 Å². The lowest BCUT2D eigenvalue weighted by Gasteiger charge is -2.42. The van der Waals surface area contributed by atoms with Gasteiger partial charge in [0.1, 0.15) is 5.82 Å². The molecule has 1 saturated carbocycles. The highest BCUT2D eigenvalue weighted by atomic mass is 16.5. The van der Waals surface area contributed by atoms with E-state index < -0.39 is 0 Å². The van der Waals surface area contributed by atoms with Crippen molar-refractivity contribution in [3.8, 4) is 5.88 Å². The molecule has 1 aliphatic heterocycles. The van der Waals surface area contributed by atoms with Gasteiger partial charge in [-0.15, -0.1) is 0 Å². The van der Waals surface area contributed by atoms with E-state index in [1.807, 2.05) is 12.1 Å². The Bertz CT molecular complexity index is 514. The van der Waals surface area contributed by atoms with Gasteiger partial charge in [0.25, 0.3) is 0 Å². The Labute approximate surface area is 126 Å². The number of anilines is 2. The average molecular weight is 291 g/mol. The van der Waals surface area contributed by atoms with Crippen LogP contribution in [0, 0.1) is 5.92 Å². The van der Waals surface area contributed by atoms with Crippen molar-refractivity contribution in [2.75, 3.05) is 30.3 Å². The Morgan fingerprint density at radius 2 is 2.19 bits per heavy atom. The molecule has 1 unspecified atom stereocenters. The first kappa shape index (κ1) is 14.4. The molecule has 2 heterocycles. The lowest BCUT2D eigenvalue weighted by atomic mass is 10.1. The number of aromatic nitrogens is 1. The number of pyridine rings is 1. The van der Waals surface area contributed by atoms with E-state index in [2.05, 4.69) is 30.7 Å². The number of rotatable bonds is 4. The minimum atomic E-state index is -0.171. The molecule has 1 aromatic heterocycles. The molecule has 0 spiro atoms. The Balaban J connectivity index is 1.75. The quantitative estimate of drug-likeness (QED) is 0.923. The molecule has 0 bridgehead atoms. The Morgan fingerprint density at radius 1 is 1.43 bits per heavy atom. The van der Waals surface area contributed by atoms with Crippen LogP contribution in [0.15, 0.2) is 12.1 Å². The van der Waals surface area contributed by atoms with Crippen LogP contribution in [0.1, 0.15) is 33.6 Å². The van der Waals surface area contributed by atoms with Crippen molar-refractivity contribution >= 4 is 11.5 Å². The number of ether oxygens (including phenoxy) is 2. The summed E-state index contributed by atoms with van der Waals surface area (Å²) >= 11 is 0. The van der Waals surface area contributed by atoms with Crippen LogP contribution in [0.3, 0.4) is 0 Å². The van der Waals surface area contributed by atoms with Crippen molar-refractivity contribution in [1.82, 2.24) is 4.98 Å². The second kappa shape index (κ2) is 5.37. The van der Waals surface area contributed by atoms with Crippen LogP contribution in [-0.4, -0.2) is 36.4 Å². The van der Waals surface area contributed by atoms with Gasteiger partial charge in [-0.3, -0.25) is 0 Å². The largest absolute Gasteiger partial charge is 0.476 e. The molecule has 116 valence electrons. The molecule has 1 aliphatic carbocycles. The first-order chi connectivity index (χ1) is 9.93. The number of nitrogens with two attached hydrogens (primary N) is 1. The summed E-state index contributed by atoms with van der Waals surface area (Å²) in [6.45, 7) is 8.69. The summed E-state index contributed by atoms with van der Waals surface area (Å²) < 4.78 is 11.7. The van der Waals surface area contributed by atoms with Crippen LogP contribution in [0.5, 0.6) is 5.88 Å². The van der Waals surface area contributed by atoms with Crippen molar-refractivity contribution < 1.29 is 9.47 Å². The van der Waals surface area contributed by atoms with Crippen molar-refractivity contribution in [2.45, 2.75) is 45.3 Å². The maximum absolute atomic E-state index is 5.98. The number of hydrogen-bond donors (Lipinski definition) is 1. The van der Waals surface area contributed by atoms with Gasteiger partial charge in [0, 0.05) is 13.1 Å². The molecule has 2 fully saturated rings. The lowest BCUT2D eigenvalue weighted by Crippen LogP contribution is -2.52. The van der Waals surface area contributed by atoms with Gasteiger partial charge in [-0.2, -0.15) is 4.98 Å². The average Bonchev–Trinajstić information content (AvgIpc) is 3.19. The van der Waals surface area contributed by atoms with Crippen LogP contribution in [0.2, 0.25) is 0 Å². The van der Waals surface area contributed by atoms with E-state index >= 15 is 0 Å². The number of morpholine rings is 1. The fourth-order valence-electron chi connectivity index (χ4n) is 2.84. The summed E-state index contributed by atoms with van der Waals surface area (Å²) in [6, 6.07) is 3.85. The van der Waals surface area contributed by atoms with Crippen LogP contribution in [0.4, 0.5) is 11.5 Å². The molecule has 5 nitrogen and oxygen atoms in total. The maximum Gasteiger partial charge on any atom is 0.239 e. The van der Waals surface area contributed by atoms with Gasteiger partial charge in [-0.25, -0.2) is 0 Å². The van der Waals surface area contributed by atoms with Crippen molar-refractivity contribution in [2.24, 2.45) is 5.92 Å². The summed E-state index contributed by atoms with van der Waals surface area (Å²) in [5, 5.41) is 0. The van der Waals surface area contributed by atoms with Gasteiger partial charge < -0.3 is 20.1 Å². The predicted molar refractivity (Wildman–Crippen MR) is 83.7 cm³/mol. The fraction of sp³-hybridized carbons (Fsp3) is 0.688. The van der Waals surface area contributed by atoms with Crippen LogP contribution in [-0.2, 0) is 4.74 Å². The minimum absolute atomic E-state index is 0.171. The zero-order valence-electron chi connectivity index (χ0n) is 13.1. The first-order valence-corrected chi connectivity index (χ1v) is 7.75. The van der Waals surface area contributed by atoms with Gasteiger partial charge in [-0.05, 0) is 51.7 Å². The molecule has 0 aromatic carbocycles. The number of nitrogen functional groups attached to an aromatic ring is 1. The van der Waals surface area contributed by atoms with Gasteiger partial charge in [-0.1, -0.05) is 0 Å². The summed E-state index contributed by atoms with van der Waals surface area (Å²) in [5.74, 6) is 2.17. The van der Waals surface area contributed by atoms with Crippen molar-refractivity contribution in [3.63, 3.8) is 0 Å². The summed E-state index contributed by atoms with van der Waals surface area (Å²) in [6.07, 6.45) is 2.70. The highest BCUT2D eigenvalue weighted by Gasteiger charge is 2.32. The lowest BCUT2D eigenvalue weighted by molar-refractivity contribution is -0.0751. The molecule has 0 radical (unpaired) electrons. The third kappa shape index (κ3) is 3.59. The molecule has 2 N–H and O–H groups in total. The van der Waals surface area contributed by atoms with E-state index in [9.17, 15) is 0 Å². The molecule has 0 amide bonds. The molecule has 1 aromatic rings. The molecule has 1 saturated heterocycles. The van der Waals surface area contributed by atoms with E-state index in [4.69, 9.17) is 15.2 Å². The van der Waals surface area contributed by atoms with E-state index in [-0.39, 0.29) is 11.7 Å². The molecule has 3 rings (SSSR count). The highest BCUT2D eigenvalue weighted by molar-refractivity contribution is 5.55.